The van der Waals surface area contributed by atoms with Crippen molar-refractivity contribution < 1.29 is 19.7 Å². The Kier molecular flexibility index (Phi) is 5.22. The molecule has 0 radical (unpaired) electrons. The predicted molar refractivity (Wildman–Crippen MR) is 116 cm³/mol. The van der Waals surface area contributed by atoms with Gasteiger partial charge in [-0.1, -0.05) is 31.7 Å². The molecule has 1 heterocycles. The molecule has 1 aromatic heterocycles. The monoisotopic (exact) mass is 368 g/mol. The first-order valence-corrected chi connectivity index (χ1v) is 8.14. The summed E-state index contributed by atoms with van der Waals surface area (Å²) in [7, 11) is 1.57. The summed E-state index contributed by atoms with van der Waals surface area (Å²) in [6, 6.07) is 22.1. The van der Waals surface area contributed by atoms with Gasteiger partial charge in [-0.3, -0.25) is 4.79 Å². The number of rotatable bonds is 4. The Morgan fingerprint density at radius 1 is 1.04 bits per heavy atom. The second-order valence-corrected chi connectivity index (χ2v) is 5.75. The molecule has 0 aliphatic heterocycles. The van der Waals surface area contributed by atoms with E-state index in [1.165, 1.54) is 0 Å². The summed E-state index contributed by atoms with van der Waals surface area (Å²) >= 11 is 0. The van der Waals surface area contributed by atoms with Crippen LogP contribution in [0.25, 0.3) is 22.6 Å². The zero-order valence-electron chi connectivity index (χ0n) is 14.1. The lowest BCUT2D eigenvalue weighted by Gasteiger charge is -2.06. The second-order valence-electron chi connectivity index (χ2n) is 5.75. The number of carbonyl (C=O) groups excluding carboxylic acids is 1. The first-order valence-electron chi connectivity index (χ1n) is 8.14. The minimum absolute atomic E-state index is 0. The second kappa shape index (κ2) is 7.74. The SMILES string of the molecule is C.COc1cccc(C(=O)Nc2ccc3oc(-c4ccccc4)nc3c2)c1.[HH].[HH].[HH].[HH]. The van der Waals surface area contributed by atoms with Crippen LogP contribution in [-0.4, -0.2) is 18.0 Å². The number of nitrogens with zero attached hydrogens (tertiary/aromatic N) is 1. The van der Waals surface area contributed by atoms with Gasteiger partial charge in [-0.2, -0.15) is 0 Å². The zero-order valence-corrected chi connectivity index (χ0v) is 14.1. The van der Waals surface area contributed by atoms with Crippen LogP contribution in [0.4, 0.5) is 5.69 Å². The third-order valence-electron chi connectivity index (χ3n) is 4.00. The fourth-order valence-corrected chi connectivity index (χ4v) is 2.68. The summed E-state index contributed by atoms with van der Waals surface area (Å²) in [5, 5.41) is 2.87. The lowest BCUT2D eigenvalue weighted by atomic mass is 10.2. The van der Waals surface area contributed by atoms with Crippen LogP contribution in [0.5, 0.6) is 5.75 Å². The normalized spacial score (nSPS) is 10.3. The number of amides is 1. The molecule has 0 fully saturated rings. The average Bonchev–Trinajstić information content (AvgIpc) is 3.12. The van der Waals surface area contributed by atoms with E-state index < -0.39 is 0 Å². The van der Waals surface area contributed by atoms with Crippen LogP contribution in [0.3, 0.4) is 0 Å². The number of hydrogen-bond acceptors (Lipinski definition) is 4. The van der Waals surface area contributed by atoms with Gasteiger partial charge in [0.15, 0.2) is 5.58 Å². The van der Waals surface area contributed by atoms with Crippen molar-refractivity contribution in [2.75, 3.05) is 12.4 Å². The molecule has 1 amide bonds. The van der Waals surface area contributed by atoms with Gasteiger partial charge in [0, 0.05) is 22.5 Å². The maximum atomic E-state index is 12.4. The summed E-state index contributed by atoms with van der Waals surface area (Å²) in [6.45, 7) is 0. The van der Waals surface area contributed by atoms with Crippen molar-refractivity contribution in [3.63, 3.8) is 0 Å². The third kappa shape index (κ3) is 3.82. The maximum Gasteiger partial charge on any atom is 0.255 e. The van der Waals surface area contributed by atoms with E-state index in [9.17, 15) is 4.79 Å². The fourth-order valence-electron chi connectivity index (χ4n) is 2.68. The van der Waals surface area contributed by atoms with Crippen molar-refractivity contribution in [3.8, 4) is 17.2 Å². The molecule has 4 rings (SSSR count). The van der Waals surface area contributed by atoms with Crippen LogP contribution >= 0.6 is 0 Å². The molecule has 0 unspecified atom stereocenters. The van der Waals surface area contributed by atoms with Crippen LogP contribution in [-0.2, 0) is 0 Å². The Bertz CT molecular complexity index is 1090. The number of nitrogens with one attached hydrogen (secondary N) is 1. The average molecular weight is 368 g/mol. The molecule has 0 atom stereocenters. The fraction of sp³-hybridized carbons (Fsp3) is 0.0909. The molecule has 0 saturated heterocycles. The molecular formula is C22H28N2O3. The molecule has 0 aliphatic rings. The highest BCUT2D eigenvalue weighted by Crippen LogP contribution is 2.26. The Labute approximate surface area is 163 Å². The number of benzene rings is 3. The smallest absolute Gasteiger partial charge is 0.255 e. The Hall–Kier alpha value is -3.60. The molecular weight excluding hydrogens is 340 g/mol. The standard InChI is InChI=1S/C21H16N2O3.CH4.4H2/c1-25-17-9-5-8-15(12-17)20(24)22-16-10-11-19-18(13-16)23-21(26-19)14-6-3-2-4-7-14;;;;;/h2-13H,1H3,(H,22,24);1H4;4*1H. The first-order chi connectivity index (χ1) is 12.7. The van der Waals surface area contributed by atoms with E-state index in [1.54, 1.807) is 49.6 Å². The number of aromatic nitrogens is 1. The molecule has 1 N–H and O–H groups in total. The van der Waals surface area contributed by atoms with E-state index >= 15 is 0 Å². The summed E-state index contributed by atoms with van der Waals surface area (Å²) in [6.07, 6.45) is 0. The highest BCUT2D eigenvalue weighted by molar-refractivity contribution is 6.05. The van der Waals surface area contributed by atoms with E-state index in [0.29, 0.717) is 34.0 Å². The molecule has 27 heavy (non-hydrogen) atoms. The van der Waals surface area contributed by atoms with Gasteiger partial charge in [-0.15, -0.1) is 0 Å². The molecule has 144 valence electrons. The number of methoxy groups -OCH3 is 1. The van der Waals surface area contributed by atoms with Crippen LogP contribution in [0.2, 0.25) is 0 Å². The van der Waals surface area contributed by atoms with Crippen LogP contribution in [0.1, 0.15) is 23.5 Å². The highest BCUT2D eigenvalue weighted by atomic mass is 16.5. The summed E-state index contributed by atoms with van der Waals surface area (Å²) < 4.78 is 10.9. The zero-order chi connectivity index (χ0) is 17.9. The largest absolute Gasteiger partial charge is 0.497 e. The molecule has 5 nitrogen and oxygen atoms in total. The van der Waals surface area contributed by atoms with Crippen molar-refractivity contribution >= 4 is 22.7 Å². The Morgan fingerprint density at radius 2 is 1.85 bits per heavy atom. The minimum Gasteiger partial charge on any atom is -0.497 e. The Morgan fingerprint density at radius 3 is 2.63 bits per heavy atom. The van der Waals surface area contributed by atoms with Gasteiger partial charge in [0.05, 0.1) is 7.11 Å². The number of ether oxygens (including phenoxy) is 1. The van der Waals surface area contributed by atoms with Crippen molar-refractivity contribution in [1.29, 1.82) is 0 Å². The Balaban J connectivity index is 0. The number of carbonyl (C=O) groups is 1. The highest BCUT2D eigenvalue weighted by Gasteiger charge is 2.11. The third-order valence-corrected chi connectivity index (χ3v) is 4.00. The van der Waals surface area contributed by atoms with Gasteiger partial charge in [0.1, 0.15) is 11.3 Å². The number of anilines is 1. The first kappa shape index (κ1) is 18.2. The lowest BCUT2D eigenvalue weighted by molar-refractivity contribution is 0.102. The van der Waals surface area contributed by atoms with E-state index in [0.717, 1.165) is 5.56 Å². The van der Waals surface area contributed by atoms with Crippen LogP contribution in [0, 0.1) is 0 Å². The molecule has 0 bridgehead atoms. The molecule has 0 saturated carbocycles. The van der Waals surface area contributed by atoms with Crippen molar-refractivity contribution in [3.05, 3.63) is 78.4 Å². The summed E-state index contributed by atoms with van der Waals surface area (Å²) in [5.41, 5.74) is 3.44. The van der Waals surface area contributed by atoms with Gasteiger partial charge in [-0.25, -0.2) is 4.98 Å². The lowest BCUT2D eigenvalue weighted by Crippen LogP contribution is -2.11. The molecule has 3 aromatic carbocycles. The number of hydrogen-bond donors (Lipinski definition) is 1. The van der Waals surface area contributed by atoms with Crippen LogP contribution in [0.15, 0.2) is 77.2 Å². The minimum atomic E-state index is -0.213. The van der Waals surface area contributed by atoms with Crippen molar-refractivity contribution in [1.82, 2.24) is 4.98 Å². The maximum absolute atomic E-state index is 12.4. The molecule has 4 aromatic rings. The molecule has 0 aliphatic carbocycles. The number of oxazole rings is 1. The van der Waals surface area contributed by atoms with Gasteiger partial charge >= 0.3 is 0 Å². The van der Waals surface area contributed by atoms with E-state index in [4.69, 9.17) is 9.15 Å². The quantitative estimate of drug-likeness (QED) is 0.454. The molecule has 5 heteroatoms. The van der Waals surface area contributed by atoms with Gasteiger partial charge in [0.25, 0.3) is 5.91 Å². The topological polar surface area (TPSA) is 64.4 Å². The van der Waals surface area contributed by atoms with Gasteiger partial charge < -0.3 is 14.5 Å². The van der Waals surface area contributed by atoms with Crippen molar-refractivity contribution in [2.45, 2.75) is 7.43 Å². The van der Waals surface area contributed by atoms with E-state index in [1.807, 2.05) is 30.3 Å². The van der Waals surface area contributed by atoms with E-state index in [-0.39, 0.29) is 19.0 Å². The van der Waals surface area contributed by atoms with Gasteiger partial charge in [-0.05, 0) is 48.5 Å². The molecule has 0 spiro atoms. The van der Waals surface area contributed by atoms with Crippen LogP contribution < -0.4 is 10.1 Å². The number of fused-ring (bicyclic) bond motifs is 1. The predicted octanol–water partition coefficient (Wildman–Crippen LogP) is 6.38. The summed E-state index contributed by atoms with van der Waals surface area (Å²) in [5.74, 6) is 0.976. The summed E-state index contributed by atoms with van der Waals surface area (Å²) in [4.78, 5) is 16.9. The van der Waals surface area contributed by atoms with Crippen molar-refractivity contribution in [2.24, 2.45) is 0 Å². The van der Waals surface area contributed by atoms with E-state index in [2.05, 4.69) is 10.3 Å². The van der Waals surface area contributed by atoms with Gasteiger partial charge in [0.2, 0.25) is 5.89 Å².